The molecule has 168 valence electrons. The molecular weight excluding hydrogens is 457 g/mol. The minimum absolute atomic E-state index is 0.0232. The number of nitrogens with zero attached hydrogens (tertiary/aromatic N) is 1. The molecule has 3 rings (SSSR count). The lowest BCUT2D eigenvalue weighted by atomic mass is 10.00. The van der Waals surface area contributed by atoms with Crippen LogP contribution in [0.1, 0.15) is 11.1 Å². The second kappa shape index (κ2) is 9.68. The predicted octanol–water partition coefficient (Wildman–Crippen LogP) is 4.74. The Hall–Kier alpha value is -2.94. The fourth-order valence-corrected chi connectivity index (χ4v) is 4.50. The molecule has 0 aromatic heterocycles. The van der Waals surface area contributed by atoms with Gasteiger partial charge in [-0.15, -0.1) is 0 Å². The van der Waals surface area contributed by atoms with Crippen LogP contribution >= 0.6 is 11.6 Å². The molecule has 0 saturated carbocycles. The summed E-state index contributed by atoms with van der Waals surface area (Å²) in [5.41, 5.74) is 2.76. The van der Waals surface area contributed by atoms with Crippen LogP contribution in [0.4, 0.5) is 4.39 Å². The molecule has 3 aromatic carbocycles. The zero-order valence-corrected chi connectivity index (χ0v) is 19.0. The van der Waals surface area contributed by atoms with E-state index >= 15 is 0 Å². The fraction of sp³-hybridized carbons (Fsp3) is 0.174. The van der Waals surface area contributed by atoms with Crippen LogP contribution in [0.3, 0.4) is 0 Å². The summed E-state index contributed by atoms with van der Waals surface area (Å²) in [5.74, 6) is -1.34. The highest BCUT2D eigenvalue weighted by molar-refractivity contribution is 7.89. The Morgan fingerprint density at radius 3 is 2.41 bits per heavy atom. The molecule has 6 nitrogen and oxygen atoms in total. The van der Waals surface area contributed by atoms with Crippen molar-refractivity contribution in [1.29, 1.82) is 0 Å². The molecule has 1 N–H and O–H groups in total. The average molecular weight is 478 g/mol. The fourth-order valence-electron chi connectivity index (χ4n) is 3.13. The summed E-state index contributed by atoms with van der Waals surface area (Å²) in [7, 11) is -2.42. The molecule has 0 aliphatic rings. The lowest BCUT2D eigenvalue weighted by Gasteiger charge is -2.19. The van der Waals surface area contributed by atoms with Gasteiger partial charge >= 0.3 is 5.97 Å². The van der Waals surface area contributed by atoms with Gasteiger partial charge < -0.3 is 9.84 Å². The van der Waals surface area contributed by atoms with Gasteiger partial charge in [0.05, 0.1) is 4.90 Å². The first-order chi connectivity index (χ1) is 15.1. The van der Waals surface area contributed by atoms with Crippen LogP contribution in [0.5, 0.6) is 5.75 Å². The van der Waals surface area contributed by atoms with Crippen LogP contribution < -0.4 is 4.74 Å². The molecule has 0 fully saturated rings. The highest BCUT2D eigenvalue weighted by atomic mass is 35.5. The number of sulfonamides is 1. The number of rotatable bonds is 8. The minimum Gasteiger partial charge on any atom is -0.481 e. The van der Waals surface area contributed by atoms with Crippen LogP contribution in [0.2, 0.25) is 5.02 Å². The number of ether oxygens (including phenoxy) is 1. The first-order valence-corrected chi connectivity index (χ1v) is 11.4. The van der Waals surface area contributed by atoms with Crippen LogP contribution in [0, 0.1) is 12.7 Å². The third-order valence-electron chi connectivity index (χ3n) is 4.73. The second-order valence-corrected chi connectivity index (χ2v) is 9.66. The zero-order chi connectivity index (χ0) is 23.5. The lowest BCUT2D eigenvalue weighted by molar-refractivity contribution is -0.139. The molecule has 32 heavy (non-hydrogen) atoms. The Morgan fingerprint density at radius 1 is 1.06 bits per heavy atom. The molecule has 0 heterocycles. The van der Waals surface area contributed by atoms with E-state index in [1.54, 1.807) is 24.3 Å². The van der Waals surface area contributed by atoms with Crippen LogP contribution in [-0.2, 0) is 21.4 Å². The van der Waals surface area contributed by atoms with Crippen molar-refractivity contribution in [2.45, 2.75) is 18.4 Å². The molecule has 0 amide bonds. The first kappa shape index (κ1) is 23.7. The van der Waals surface area contributed by atoms with Gasteiger partial charge in [0.15, 0.2) is 6.61 Å². The third-order valence-corrected chi connectivity index (χ3v) is 6.88. The quantitative estimate of drug-likeness (QED) is 0.506. The standard InChI is InChI=1S/C23H21ClFNO5S/c1-15-3-9-21(24)19(11-15)20-12-16(4-10-22(20)31-14-23(27)28)13-26(2)32(29,30)18-7-5-17(25)6-8-18/h3-12H,13-14H2,1-2H3,(H,27,28). The first-order valence-electron chi connectivity index (χ1n) is 9.54. The number of carboxylic acids is 1. The number of carbonyl (C=O) groups is 1. The van der Waals surface area contributed by atoms with E-state index in [4.69, 9.17) is 21.4 Å². The van der Waals surface area contributed by atoms with Gasteiger partial charge in [-0.05, 0) is 61.0 Å². The highest BCUT2D eigenvalue weighted by Gasteiger charge is 2.22. The largest absolute Gasteiger partial charge is 0.481 e. The van der Waals surface area contributed by atoms with Crippen molar-refractivity contribution in [1.82, 2.24) is 4.31 Å². The van der Waals surface area contributed by atoms with E-state index in [0.29, 0.717) is 27.5 Å². The number of aliphatic carboxylic acids is 1. The topological polar surface area (TPSA) is 83.9 Å². The Bertz CT molecular complexity index is 1250. The maximum atomic E-state index is 13.2. The Morgan fingerprint density at radius 2 is 1.75 bits per heavy atom. The van der Waals surface area contributed by atoms with Gasteiger partial charge in [-0.3, -0.25) is 0 Å². The van der Waals surface area contributed by atoms with Crippen molar-refractivity contribution in [3.05, 3.63) is 82.6 Å². The normalized spacial score (nSPS) is 11.5. The molecule has 0 unspecified atom stereocenters. The number of aryl methyl sites for hydroxylation is 1. The average Bonchev–Trinajstić information content (AvgIpc) is 2.74. The van der Waals surface area contributed by atoms with Gasteiger partial charge in [0.2, 0.25) is 10.0 Å². The van der Waals surface area contributed by atoms with Crippen molar-refractivity contribution in [2.75, 3.05) is 13.7 Å². The second-order valence-electron chi connectivity index (χ2n) is 7.21. The number of hydrogen-bond donors (Lipinski definition) is 1. The van der Waals surface area contributed by atoms with Crippen molar-refractivity contribution in [2.24, 2.45) is 0 Å². The van der Waals surface area contributed by atoms with Crippen LogP contribution in [0.25, 0.3) is 11.1 Å². The Kier molecular flexibility index (Phi) is 7.18. The Labute approximate surface area is 190 Å². The number of benzene rings is 3. The van der Waals surface area contributed by atoms with E-state index in [2.05, 4.69) is 0 Å². The summed E-state index contributed by atoms with van der Waals surface area (Å²) in [6.45, 7) is 1.38. The minimum atomic E-state index is -3.85. The van der Waals surface area contributed by atoms with Crippen LogP contribution in [0.15, 0.2) is 65.6 Å². The number of hydrogen-bond acceptors (Lipinski definition) is 4. The predicted molar refractivity (Wildman–Crippen MR) is 120 cm³/mol. The van der Waals surface area contributed by atoms with Crippen LogP contribution in [-0.4, -0.2) is 37.5 Å². The van der Waals surface area contributed by atoms with Gasteiger partial charge in [-0.1, -0.05) is 29.3 Å². The molecule has 0 spiro atoms. The zero-order valence-electron chi connectivity index (χ0n) is 17.4. The molecule has 3 aromatic rings. The highest BCUT2D eigenvalue weighted by Crippen LogP contribution is 2.36. The SMILES string of the molecule is Cc1ccc(Cl)c(-c2cc(CN(C)S(=O)(=O)c3ccc(F)cc3)ccc2OCC(=O)O)c1. The van der Waals surface area contributed by atoms with E-state index in [1.165, 1.54) is 19.2 Å². The molecule has 9 heteroatoms. The third kappa shape index (κ3) is 5.45. The molecular formula is C23H21ClFNO5S. The molecule has 0 saturated heterocycles. The van der Waals surface area contributed by atoms with Gasteiger partial charge in [0, 0.05) is 29.7 Å². The van der Waals surface area contributed by atoms with E-state index in [1.807, 2.05) is 19.1 Å². The van der Waals surface area contributed by atoms with Crippen molar-refractivity contribution < 1.29 is 27.4 Å². The van der Waals surface area contributed by atoms with E-state index in [-0.39, 0.29) is 11.4 Å². The maximum Gasteiger partial charge on any atom is 0.341 e. The van der Waals surface area contributed by atoms with Gasteiger partial charge in [0.25, 0.3) is 0 Å². The molecule has 0 aliphatic heterocycles. The summed E-state index contributed by atoms with van der Waals surface area (Å²) >= 11 is 6.38. The molecule has 0 aliphatic carbocycles. The van der Waals surface area contributed by atoms with Gasteiger partial charge in [-0.2, -0.15) is 4.31 Å². The smallest absolute Gasteiger partial charge is 0.341 e. The van der Waals surface area contributed by atoms with E-state index in [0.717, 1.165) is 22.0 Å². The molecule has 0 radical (unpaired) electrons. The summed E-state index contributed by atoms with van der Waals surface area (Å²) in [5, 5.41) is 9.42. The lowest BCUT2D eigenvalue weighted by Crippen LogP contribution is -2.26. The summed E-state index contributed by atoms with van der Waals surface area (Å²) in [6.07, 6.45) is 0. The van der Waals surface area contributed by atoms with E-state index < -0.39 is 28.4 Å². The molecule has 0 atom stereocenters. The van der Waals surface area contributed by atoms with Gasteiger partial charge in [-0.25, -0.2) is 17.6 Å². The summed E-state index contributed by atoms with van der Waals surface area (Å²) in [6, 6.07) is 15.0. The number of carboxylic acid groups (broad SMARTS) is 1. The summed E-state index contributed by atoms with van der Waals surface area (Å²) < 4.78 is 45.4. The Balaban J connectivity index is 1.97. The van der Waals surface area contributed by atoms with E-state index in [9.17, 15) is 17.6 Å². The maximum absolute atomic E-state index is 13.2. The number of halogens is 2. The van der Waals surface area contributed by atoms with Crippen molar-refractivity contribution in [3.63, 3.8) is 0 Å². The van der Waals surface area contributed by atoms with Crippen molar-refractivity contribution >= 4 is 27.6 Å². The summed E-state index contributed by atoms with van der Waals surface area (Å²) in [4.78, 5) is 10.9. The van der Waals surface area contributed by atoms with Crippen molar-refractivity contribution in [3.8, 4) is 16.9 Å². The molecule has 0 bridgehead atoms. The monoisotopic (exact) mass is 477 g/mol. The van der Waals surface area contributed by atoms with Gasteiger partial charge in [0.1, 0.15) is 11.6 Å².